The third kappa shape index (κ3) is 3.11. The number of rotatable bonds is 2. The Labute approximate surface area is 121 Å². The SMILES string of the molecule is NC(c1cc(Cl)cc(Br)c1)c1cc(F)c(F)cc1F. The van der Waals surface area contributed by atoms with Gasteiger partial charge in [0.2, 0.25) is 0 Å². The van der Waals surface area contributed by atoms with Crippen LogP contribution in [-0.4, -0.2) is 0 Å². The van der Waals surface area contributed by atoms with Crippen LogP contribution in [0.3, 0.4) is 0 Å². The smallest absolute Gasteiger partial charge is 0.161 e. The highest BCUT2D eigenvalue weighted by Crippen LogP contribution is 2.28. The van der Waals surface area contributed by atoms with Crippen LogP contribution in [0.1, 0.15) is 17.2 Å². The second kappa shape index (κ2) is 5.53. The number of hydrogen-bond donors (Lipinski definition) is 1. The van der Waals surface area contributed by atoms with Crippen molar-refractivity contribution in [2.45, 2.75) is 6.04 Å². The first kappa shape index (κ1) is 14.4. The summed E-state index contributed by atoms with van der Waals surface area (Å²) < 4.78 is 40.3. The molecule has 0 fully saturated rings. The molecule has 0 saturated carbocycles. The minimum atomic E-state index is -1.25. The van der Waals surface area contributed by atoms with Crippen molar-refractivity contribution in [3.8, 4) is 0 Å². The van der Waals surface area contributed by atoms with Crippen molar-refractivity contribution in [3.63, 3.8) is 0 Å². The van der Waals surface area contributed by atoms with Gasteiger partial charge in [-0.2, -0.15) is 0 Å². The highest BCUT2D eigenvalue weighted by Gasteiger charge is 2.18. The van der Waals surface area contributed by atoms with Crippen LogP contribution in [0.4, 0.5) is 13.2 Å². The molecular weight excluding hydrogens is 343 g/mol. The van der Waals surface area contributed by atoms with E-state index in [1.54, 1.807) is 12.1 Å². The number of benzene rings is 2. The zero-order chi connectivity index (χ0) is 14.2. The molecule has 0 aliphatic carbocycles. The molecule has 0 radical (unpaired) electrons. The third-order valence-corrected chi connectivity index (χ3v) is 3.29. The molecule has 0 aliphatic heterocycles. The van der Waals surface area contributed by atoms with Crippen LogP contribution in [0.25, 0.3) is 0 Å². The Kier molecular flexibility index (Phi) is 4.18. The van der Waals surface area contributed by atoms with Gasteiger partial charge in [0.05, 0.1) is 6.04 Å². The zero-order valence-corrected chi connectivity index (χ0v) is 11.8. The van der Waals surface area contributed by atoms with Gasteiger partial charge in [0.1, 0.15) is 5.82 Å². The largest absolute Gasteiger partial charge is 0.320 e. The highest BCUT2D eigenvalue weighted by atomic mass is 79.9. The van der Waals surface area contributed by atoms with Crippen molar-refractivity contribution < 1.29 is 13.2 Å². The normalized spacial score (nSPS) is 12.5. The summed E-state index contributed by atoms with van der Waals surface area (Å²) in [5.41, 5.74) is 6.22. The lowest BCUT2D eigenvalue weighted by Crippen LogP contribution is -2.14. The van der Waals surface area contributed by atoms with E-state index >= 15 is 0 Å². The van der Waals surface area contributed by atoms with E-state index in [-0.39, 0.29) is 5.56 Å². The van der Waals surface area contributed by atoms with Crippen molar-refractivity contribution >= 4 is 27.5 Å². The number of hydrogen-bond acceptors (Lipinski definition) is 1. The standard InChI is InChI=1S/C13H8BrClF3N/c14-7-1-6(2-8(15)3-7)13(19)9-4-11(17)12(18)5-10(9)16/h1-5,13H,19H2. The maximum Gasteiger partial charge on any atom is 0.161 e. The van der Waals surface area contributed by atoms with E-state index < -0.39 is 23.5 Å². The fraction of sp³-hybridized carbons (Fsp3) is 0.0769. The van der Waals surface area contributed by atoms with Crippen LogP contribution in [0.5, 0.6) is 0 Å². The quantitative estimate of drug-likeness (QED) is 0.789. The lowest BCUT2D eigenvalue weighted by Gasteiger charge is -2.14. The van der Waals surface area contributed by atoms with Crippen molar-refractivity contribution in [1.82, 2.24) is 0 Å². The monoisotopic (exact) mass is 349 g/mol. The molecule has 0 saturated heterocycles. The molecule has 0 bridgehead atoms. The van der Waals surface area contributed by atoms with Crippen LogP contribution in [0.15, 0.2) is 34.8 Å². The molecule has 2 rings (SSSR count). The minimum Gasteiger partial charge on any atom is -0.320 e. The molecule has 0 heterocycles. The molecule has 0 aromatic heterocycles. The van der Waals surface area contributed by atoms with Gasteiger partial charge in [0, 0.05) is 21.1 Å². The minimum absolute atomic E-state index is 0.131. The van der Waals surface area contributed by atoms with Gasteiger partial charge < -0.3 is 5.73 Å². The molecule has 2 N–H and O–H groups in total. The van der Waals surface area contributed by atoms with Gasteiger partial charge in [0.25, 0.3) is 0 Å². The Morgan fingerprint density at radius 3 is 2.21 bits per heavy atom. The van der Waals surface area contributed by atoms with Crippen molar-refractivity contribution in [2.75, 3.05) is 0 Å². The van der Waals surface area contributed by atoms with E-state index in [0.29, 0.717) is 21.1 Å². The van der Waals surface area contributed by atoms with Crippen molar-refractivity contribution in [1.29, 1.82) is 0 Å². The lowest BCUT2D eigenvalue weighted by molar-refractivity contribution is 0.487. The van der Waals surface area contributed by atoms with Crippen LogP contribution >= 0.6 is 27.5 Å². The Balaban J connectivity index is 2.49. The molecule has 1 unspecified atom stereocenters. The predicted octanol–water partition coefficient (Wildman–Crippen LogP) is 4.57. The Hall–Kier alpha value is -1.04. The Bertz CT molecular complexity index is 613. The summed E-state index contributed by atoms with van der Waals surface area (Å²) in [5.74, 6) is -3.30. The average molecular weight is 351 g/mol. The lowest BCUT2D eigenvalue weighted by atomic mass is 9.99. The number of halogens is 5. The van der Waals surface area contributed by atoms with Crippen LogP contribution in [0.2, 0.25) is 5.02 Å². The summed E-state index contributed by atoms with van der Waals surface area (Å²) in [4.78, 5) is 0. The van der Waals surface area contributed by atoms with Gasteiger partial charge in [-0.1, -0.05) is 27.5 Å². The van der Waals surface area contributed by atoms with Gasteiger partial charge >= 0.3 is 0 Å². The molecule has 100 valence electrons. The zero-order valence-electron chi connectivity index (χ0n) is 9.43. The first-order valence-electron chi connectivity index (χ1n) is 5.24. The molecule has 0 spiro atoms. The Morgan fingerprint density at radius 2 is 1.58 bits per heavy atom. The van der Waals surface area contributed by atoms with Crippen LogP contribution in [-0.2, 0) is 0 Å². The van der Waals surface area contributed by atoms with Gasteiger partial charge in [-0.15, -0.1) is 0 Å². The summed E-state index contributed by atoms with van der Waals surface area (Å²) in [6, 6.07) is 5.10. The van der Waals surface area contributed by atoms with E-state index in [4.69, 9.17) is 17.3 Å². The van der Waals surface area contributed by atoms with Crippen molar-refractivity contribution in [3.05, 3.63) is 68.4 Å². The third-order valence-electron chi connectivity index (χ3n) is 2.62. The van der Waals surface area contributed by atoms with E-state index in [1.165, 1.54) is 6.07 Å². The van der Waals surface area contributed by atoms with Crippen LogP contribution < -0.4 is 5.73 Å². The molecule has 6 heteroatoms. The molecule has 1 atom stereocenters. The van der Waals surface area contributed by atoms with E-state index in [9.17, 15) is 13.2 Å². The average Bonchev–Trinajstić information content (AvgIpc) is 2.31. The maximum atomic E-state index is 13.6. The summed E-state index contributed by atoms with van der Waals surface area (Å²) >= 11 is 9.10. The fourth-order valence-electron chi connectivity index (χ4n) is 1.71. The molecular formula is C13H8BrClF3N. The molecule has 2 aromatic carbocycles. The van der Waals surface area contributed by atoms with E-state index in [1.807, 2.05) is 0 Å². The molecule has 19 heavy (non-hydrogen) atoms. The summed E-state index contributed by atoms with van der Waals surface area (Å²) in [6.07, 6.45) is 0. The first-order valence-corrected chi connectivity index (χ1v) is 6.41. The van der Waals surface area contributed by atoms with E-state index in [0.717, 1.165) is 6.07 Å². The maximum absolute atomic E-state index is 13.6. The molecule has 0 aliphatic rings. The first-order chi connectivity index (χ1) is 8.88. The summed E-state index contributed by atoms with van der Waals surface area (Å²) in [6.45, 7) is 0. The number of nitrogens with two attached hydrogens (primary N) is 1. The van der Waals surface area contributed by atoms with Gasteiger partial charge in [-0.3, -0.25) is 0 Å². The topological polar surface area (TPSA) is 26.0 Å². The van der Waals surface area contributed by atoms with E-state index in [2.05, 4.69) is 15.9 Å². The van der Waals surface area contributed by atoms with Crippen LogP contribution in [0, 0.1) is 17.5 Å². The van der Waals surface area contributed by atoms with Crippen molar-refractivity contribution in [2.24, 2.45) is 5.73 Å². The highest BCUT2D eigenvalue weighted by molar-refractivity contribution is 9.10. The summed E-state index contributed by atoms with van der Waals surface area (Å²) in [5, 5.41) is 0.405. The fourth-order valence-corrected chi connectivity index (χ4v) is 2.60. The Morgan fingerprint density at radius 1 is 0.947 bits per heavy atom. The molecule has 2 aromatic rings. The summed E-state index contributed by atoms with van der Waals surface area (Å²) in [7, 11) is 0. The second-order valence-corrected chi connectivity index (χ2v) is 5.32. The second-order valence-electron chi connectivity index (χ2n) is 3.97. The van der Waals surface area contributed by atoms with Gasteiger partial charge in [0.15, 0.2) is 11.6 Å². The molecule has 1 nitrogen and oxygen atoms in total. The van der Waals surface area contributed by atoms with Gasteiger partial charge in [-0.25, -0.2) is 13.2 Å². The van der Waals surface area contributed by atoms with Gasteiger partial charge in [-0.05, 0) is 29.8 Å². The predicted molar refractivity (Wildman–Crippen MR) is 71.5 cm³/mol. The molecule has 0 amide bonds.